The van der Waals surface area contributed by atoms with Crippen LogP contribution in [0.15, 0.2) is 25.3 Å². The molecule has 0 aromatic carbocycles. The summed E-state index contributed by atoms with van der Waals surface area (Å²) in [4.78, 5) is 23.6. The van der Waals surface area contributed by atoms with E-state index in [2.05, 4.69) is 13.2 Å². The molecule has 1 heterocycles. The molecule has 0 amide bonds. The molecule has 2 unspecified atom stereocenters. The number of hydrogen-bond donors (Lipinski definition) is 0. The molecule has 0 aromatic rings. The molecular formula is C13H16O4. The van der Waals surface area contributed by atoms with Crippen molar-refractivity contribution in [2.75, 3.05) is 0 Å². The SMILES string of the molecule is C=CC1CC(C=C)[C@@]2(C1)OC(=O)[C@H](C)OC2=O. The first-order valence-electron chi connectivity index (χ1n) is 5.72. The molecule has 1 aliphatic heterocycles. The molecule has 4 atom stereocenters. The maximum absolute atomic E-state index is 12.0. The molecule has 1 aliphatic carbocycles. The first-order valence-corrected chi connectivity index (χ1v) is 5.72. The summed E-state index contributed by atoms with van der Waals surface area (Å²) in [7, 11) is 0. The van der Waals surface area contributed by atoms with Gasteiger partial charge in [-0.25, -0.2) is 9.59 Å². The summed E-state index contributed by atoms with van der Waals surface area (Å²) in [6, 6.07) is 0. The molecule has 17 heavy (non-hydrogen) atoms. The smallest absolute Gasteiger partial charge is 0.352 e. The Hall–Kier alpha value is -1.58. The van der Waals surface area contributed by atoms with Gasteiger partial charge in [-0.15, -0.1) is 13.2 Å². The van der Waals surface area contributed by atoms with Gasteiger partial charge < -0.3 is 9.47 Å². The minimum atomic E-state index is -1.18. The maximum atomic E-state index is 12.0. The van der Waals surface area contributed by atoms with Crippen LogP contribution < -0.4 is 0 Å². The Bertz CT molecular complexity index is 387. The Morgan fingerprint density at radius 3 is 2.65 bits per heavy atom. The van der Waals surface area contributed by atoms with Gasteiger partial charge in [0.15, 0.2) is 6.10 Å². The molecule has 92 valence electrons. The number of ether oxygens (including phenoxy) is 2. The average molecular weight is 236 g/mol. The Labute approximate surface area is 100 Å². The Balaban J connectivity index is 2.33. The van der Waals surface area contributed by atoms with E-state index < -0.39 is 23.6 Å². The lowest BCUT2D eigenvalue weighted by Crippen LogP contribution is -2.54. The fraction of sp³-hybridized carbons (Fsp3) is 0.538. The van der Waals surface area contributed by atoms with Crippen molar-refractivity contribution in [2.24, 2.45) is 11.8 Å². The van der Waals surface area contributed by atoms with Crippen LogP contribution in [0.4, 0.5) is 0 Å². The third-order valence-electron chi connectivity index (χ3n) is 3.58. The number of allylic oxidation sites excluding steroid dienone is 1. The van der Waals surface area contributed by atoms with Crippen molar-refractivity contribution in [1.82, 2.24) is 0 Å². The zero-order valence-electron chi connectivity index (χ0n) is 9.85. The second-order valence-corrected chi connectivity index (χ2v) is 4.64. The molecule has 0 bridgehead atoms. The van der Waals surface area contributed by atoms with Gasteiger partial charge in [-0.05, 0) is 19.3 Å². The van der Waals surface area contributed by atoms with Gasteiger partial charge in [-0.1, -0.05) is 12.2 Å². The van der Waals surface area contributed by atoms with Crippen LogP contribution in [0.25, 0.3) is 0 Å². The number of hydrogen-bond acceptors (Lipinski definition) is 4. The molecule has 1 spiro atoms. The zero-order chi connectivity index (χ0) is 12.6. The molecular weight excluding hydrogens is 220 g/mol. The van der Waals surface area contributed by atoms with E-state index in [4.69, 9.17) is 9.47 Å². The molecule has 2 rings (SSSR count). The van der Waals surface area contributed by atoms with Crippen molar-refractivity contribution in [3.8, 4) is 0 Å². The van der Waals surface area contributed by atoms with E-state index >= 15 is 0 Å². The third-order valence-corrected chi connectivity index (χ3v) is 3.58. The lowest BCUT2D eigenvalue weighted by molar-refractivity contribution is -0.212. The molecule has 4 heteroatoms. The lowest BCUT2D eigenvalue weighted by atomic mass is 9.89. The number of carbonyl (C=O) groups excluding carboxylic acids is 2. The van der Waals surface area contributed by atoms with Crippen molar-refractivity contribution in [2.45, 2.75) is 31.5 Å². The summed E-state index contributed by atoms with van der Waals surface area (Å²) in [6.45, 7) is 8.94. The fourth-order valence-corrected chi connectivity index (χ4v) is 2.57. The first-order chi connectivity index (χ1) is 8.03. The number of esters is 2. The highest BCUT2D eigenvalue weighted by Crippen LogP contribution is 2.46. The summed E-state index contributed by atoms with van der Waals surface area (Å²) < 4.78 is 10.4. The minimum Gasteiger partial charge on any atom is -0.448 e. The second-order valence-electron chi connectivity index (χ2n) is 4.64. The van der Waals surface area contributed by atoms with Gasteiger partial charge in [-0.2, -0.15) is 0 Å². The van der Waals surface area contributed by atoms with Gasteiger partial charge in [0.25, 0.3) is 0 Å². The van der Waals surface area contributed by atoms with Crippen LogP contribution in [0.2, 0.25) is 0 Å². The van der Waals surface area contributed by atoms with E-state index in [1.807, 2.05) is 0 Å². The van der Waals surface area contributed by atoms with Gasteiger partial charge in [0.05, 0.1) is 0 Å². The Morgan fingerprint density at radius 1 is 1.35 bits per heavy atom. The standard InChI is InChI=1S/C13H16O4/c1-4-9-6-10(5-2)13(7-9)12(15)16-8(3)11(14)17-13/h4-5,8-10H,1-2,6-7H2,3H3/t8-,9?,10?,13+/m0/s1. The molecule has 1 saturated heterocycles. The normalized spacial score (nSPS) is 40.9. The fourth-order valence-electron chi connectivity index (χ4n) is 2.57. The molecule has 2 fully saturated rings. The summed E-state index contributed by atoms with van der Waals surface area (Å²) in [5, 5.41) is 0. The zero-order valence-corrected chi connectivity index (χ0v) is 9.85. The summed E-state index contributed by atoms with van der Waals surface area (Å²) >= 11 is 0. The molecule has 0 aromatic heterocycles. The minimum absolute atomic E-state index is 0.145. The van der Waals surface area contributed by atoms with Gasteiger partial charge in [0, 0.05) is 12.3 Å². The van der Waals surface area contributed by atoms with Crippen LogP contribution in [-0.4, -0.2) is 23.6 Å². The van der Waals surface area contributed by atoms with Crippen LogP contribution in [0.3, 0.4) is 0 Å². The average Bonchev–Trinajstić information content (AvgIpc) is 2.66. The summed E-state index contributed by atoms with van der Waals surface area (Å²) in [6.07, 6.45) is 3.77. The Kier molecular flexibility index (Phi) is 2.81. The van der Waals surface area contributed by atoms with Crippen LogP contribution in [-0.2, 0) is 19.1 Å². The highest BCUT2D eigenvalue weighted by atomic mass is 16.7. The maximum Gasteiger partial charge on any atom is 0.352 e. The summed E-state index contributed by atoms with van der Waals surface area (Å²) in [5.41, 5.74) is -1.18. The molecule has 4 nitrogen and oxygen atoms in total. The van der Waals surface area contributed by atoms with E-state index in [-0.39, 0.29) is 11.8 Å². The van der Waals surface area contributed by atoms with Gasteiger partial charge in [-0.3, -0.25) is 0 Å². The van der Waals surface area contributed by atoms with E-state index in [9.17, 15) is 9.59 Å². The molecule has 2 aliphatic rings. The molecule has 0 radical (unpaired) electrons. The predicted molar refractivity (Wildman–Crippen MR) is 61.0 cm³/mol. The van der Waals surface area contributed by atoms with Crippen LogP contribution >= 0.6 is 0 Å². The second kappa shape index (κ2) is 4.02. The van der Waals surface area contributed by atoms with Gasteiger partial charge in [0.2, 0.25) is 5.60 Å². The monoisotopic (exact) mass is 236 g/mol. The van der Waals surface area contributed by atoms with Crippen molar-refractivity contribution >= 4 is 11.9 Å². The van der Waals surface area contributed by atoms with Gasteiger partial charge in [0.1, 0.15) is 0 Å². The first kappa shape index (κ1) is 11.9. The molecule has 0 N–H and O–H groups in total. The van der Waals surface area contributed by atoms with Gasteiger partial charge >= 0.3 is 11.9 Å². The van der Waals surface area contributed by atoms with E-state index in [0.29, 0.717) is 12.8 Å². The van der Waals surface area contributed by atoms with E-state index in [1.54, 1.807) is 12.2 Å². The summed E-state index contributed by atoms with van der Waals surface area (Å²) in [5.74, 6) is -0.999. The quantitative estimate of drug-likeness (QED) is 0.540. The topological polar surface area (TPSA) is 52.6 Å². The third kappa shape index (κ3) is 1.68. The Morgan fingerprint density at radius 2 is 2.06 bits per heavy atom. The predicted octanol–water partition coefficient (Wildman–Crippen LogP) is 1.61. The number of rotatable bonds is 2. The highest BCUT2D eigenvalue weighted by molar-refractivity contribution is 5.91. The van der Waals surface area contributed by atoms with Crippen LogP contribution in [0, 0.1) is 11.8 Å². The van der Waals surface area contributed by atoms with Crippen molar-refractivity contribution < 1.29 is 19.1 Å². The highest BCUT2D eigenvalue weighted by Gasteiger charge is 2.58. The number of carbonyl (C=O) groups is 2. The van der Waals surface area contributed by atoms with Crippen LogP contribution in [0.5, 0.6) is 0 Å². The van der Waals surface area contributed by atoms with Crippen LogP contribution in [0.1, 0.15) is 19.8 Å². The van der Waals surface area contributed by atoms with Crippen molar-refractivity contribution in [3.63, 3.8) is 0 Å². The van der Waals surface area contributed by atoms with E-state index in [0.717, 1.165) is 0 Å². The largest absolute Gasteiger partial charge is 0.448 e. The van der Waals surface area contributed by atoms with Crippen molar-refractivity contribution in [3.05, 3.63) is 25.3 Å². The lowest BCUT2D eigenvalue weighted by Gasteiger charge is -2.36. The van der Waals surface area contributed by atoms with Crippen molar-refractivity contribution in [1.29, 1.82) is 0 Å². The number of cyclic esters (lactones) is 1. The molecule has 1 saturated carbocycles. The van der Waals surface area contributed by atoms with E-state index in [1.165, 1.54) is 6.92 Å².